The Morgan fingerprint density at radius 2 is 1.71 bits per heavy atom. The van der Waals surface area contributed by atoms with Crippen LogP contribution in [0.1, 0.15) is 45.1 Å². The third-order valence-corrected chi connectivity index (χ3v) is 3.45. The van der Waals surface area contributed by atoms with Crippen molar-refractivity contribution >= 4 is 0 Å². The first-order chi connectivity index (χ1) is 10.1. The molecule has 0 bridgehead atoms. The molecule has 2 N–H and O–H groups in total. The number of aliphatic hydroxyl groups is 2. The zero-order valence-corrected chi connectivity index (χ0v) is 13.3. The minimum atomic E-state index is -0.674. The highest BCUT2D eigenvalue weighted by molar-refractivity contribution is 5.43. The molecule has 2 atom stereocenters. The molecule has 1 aromatic carbocycles. The summed E-state index contributed by atoms with van der Waals surface area (Å²) >= 11 is 0. The van der Waals surface area contributed by atoms with Crippen LogP contribution in [0, 0.1) is 0 Å². The molecule has 0 aromatic heterocycles. The molecular weight excluding hydrogens is 268 g/mol. The molecule has 4 nitrogen and oxygen atoms in total. The second-order valence-electron chi connectivity index (χ2n) is 5.30. The minimum absolute atomic E-state index is 0.541. The molecule has 0 aliphatic carbocycles. The number of hydrogen-bond acceptors (Lipinski definition) is 4. The second-order valence-corrected chi connectivity index (χ2v) is 5.30. The molecular formula is C17H28O4. The van der Waals surface area contributed by atoms with Gasteiger partial charge in [-0.05, 0) is 43.4 Å². The van der Waals surface area contributed by atoms with Crippen LogP contribution in [-0.2, 0) is 6.42 Å². The van der Waals surface area contributed by atoms with Gasteiger partial charge < -0.3 is 19.7 Å². The summed E-state index contributed by atoms with van der Waals surface area (Å²) in [5.74, 6) is 1.46. The van der Waals surface area contributed by atoms with Crippen molar-refractivity contribution in [3.8, 4) is 11.5 Å². The number of rotatable bonds is 10. The molecule has 120 valence electrons. The lowest BCUT2D eigenvalue weighted by molar-refractivity contribution is 0.00980. The predicted molar refractivity (Wildman–Crippen MR) is 84.0 cm³/mol. The van der Waals surface area contributed by atoms with Gasteiger partial charge in [0.05, 0.1) is 25.9 Å². The van der Waals surface area contributed by atoms with Crippen LogP contribution in [-0.4, -0.2) is 36.1 Å². The minimum Gasteiger partial charge on any atom is -0.493 e. The van der Waals surface area contributed by atoms with Crippen LogP contribution < -0.4 is 9.47 Å². The Labute approximate surface area is 127 Å². The summed E-state index contributed by atoms with van der Waals surface area (Å²) in [7, 11) is 1.62. The Kier molecular flexibility index (Phi) is 8.16. The van der Waals surface area contributed by atoms with Crippen molar-refractivity contribution in [1.82, 2.24) is 0 Å². The van der Waals surface area contributed by atoms with Gasteiger partial charge in [0, 0.05) is 0 Å². The van der Waals surface area contributed by atoms with Crippen LogP contribution >= 0.6 is 0 Å². The van der Waals surface area contributed by atoms with E-state index in [4.69, 9.17) is 9.47 Å². The number of aryl methyl sites for hydroxylation is 1. The summed E-state index contributed by atoms with van der Waals surface area (Å²) in [6, 6.07) is 5.81. The van der Waals surface area contributed by atoms with Gasteiger partial charge >= 0.3 is 0 Å². The lowest BCUT2D eigenvalue weighted by Crippen LogP contribution is -2.26. The number of aliphatic hydroxyl groups excluding tert-OH is 2. The van der Waals surface area contributed by atoms with Gasteiger partial charge in [-0.1, -0.05) is 26.3 Å². The van der Waals surface area contributed by atoms with E-state index in [0.717, 1.165) is 24.2 Å². The molecule has 0 spiro atoms. The van der Waals surface area contributed by atoms with Crippen molar-refractivity contribution in [3.63, 3.8) is 0 Å². The SMILES string of the molecule is CCCOc1ccc(CCC(O)C(O)CCC)cc1OC. The van der Waals surface area contributed by atoms with Gasteiger partial charge in [-0.25, -0.2) is 0 Å². The maximum absolute atomic E-state index is 9.90. The lowest BCUT2D eigenvalue weighted by Gasteiger charge is -2.17. The van der Waals surface area contributed by atoms with Crippen molar-refractivity contribution in [2.24, 2.45) is 0 Å². The summed E-state index contributed by atoms with van der Waals surface area (Å²) in [4.78, 5) is 0. The van der Waals surface area contributed by atoms with Crippen molar-refractivity contribution in [1.29, 1.82) is 0 Å². The molecule has 0 saturated heterocycles. The molecule has 0 fully saturated rings. The fraction of sp³-hybridized carbons (Fsp3) is 0.647. The summed E-state index contributed by atoms with van der Waals surface area (Å²) < 4.78 is 11.0. The van der Waals surface area contributed by atoms with Crippen molar-refractivity contribution in [3.05, 3.63) is 23.8 Å². The summed E-state index contributed by atoms with van der Waals surface area (Å²) in [5.41, 5.74) is 1.07. The van der Waals surface area contributed by atoms with Crippen molar-refractivity contribution < 1.29 is 19.7 Å². The largest absolute Gasteiger partial charge is 0.493 e. The van der Waals surface area contributed by atoms with E-state index in [0.29, 0.717) is 31.6 Å². The summed E-state index contributed by atoms with van der Waals surface area (Å²) in [6.45, 7) is 4.72. The van der Waals surface area contributed by atoms with Crippen LogP contribution in [0.15, 0.2) is 18.2 Å². The number of ether oxygens (including phenoxy) is 2. The maximum atomic E-state index is 9.90. The Morgan fingerprint density at radius 3 is 2.33 bits per heavy atom. The molecule has 0 aliphatic heterocycles. The Morgan fingerprint density at radius 1 is 1.00 bits per heavy atom. The average Bonchev–Trinajstić information content (AvgIpc) is 2.51. The molecule has 0 saturated carbocycles. The van der Waals surface area contributed by atoms with Gasteiger partial charge in [0.1, 0.15) is 0 Å². The highest BCUT2D eigenvalue weighted by Gasteiger charge is 2.15. The standard InChI is InChI=1S/C17H28O4/c1-4-6-14(18)15(19)9-7-13-8-10-16(21-11-5-2)17(12-13)20-3/h8,10,12,14-15,18-19H,4-7,9,11H2,1-3H3. The zero-order valence-electron chi connectivity index (χ0n) is 13.3. The Balaban J connectivity index is 2.59. The highest BCUT2D eigenvalue weighted by atomic mass is 16.5. The van der Waals surface area contributed by atoms with Crippen LogP contribution in [0.3, 0.4) is 0 Å². The van der Waals surface area contributed by atoms with E-state index in [1.54, 1.807) is 7.11 Å². The zero-order chi connectivity index (χ0) is 15.7. The van der Waals surface area contributed by atoms with E-state index in [1.165, 1.54) is 0 Å². The van der Waals surface area contributed by atoms with E-state index >= 15 is 0 Å². The monoisotopic (exact) mass is 296 g/mol. The first-order valence-electron chi connectivity index (χ1n) is 7.78. The first kappa shape index (κ1) is 17.8. The van der Waals surface area contributed by atoms with Crippen LogP contribution in [0.5, 0.6) is 11.5 Å². The van der Waals surface area contributed by atoms with Gasteiger partial charge in [-0.2, -0.15) is 0 Å². The third-order valence-electron chi connectivity index (χ3n) is 3.45. The fourth-order valence-electron chi connectivity index (χ4n) is 2.19. The first-order valence-corrected chi connectivity index (χ1v) is 7.78. The third kappa shape index (κ3) is 5.94. The van der Waals surface area contributed by atoms with Crippen molar-refractivity contribution in [2.75, 3.05) is 13.7 Å². The predicted octanol–water partition coefficient (Wildman–Crippen LogP) is 2.94. The average molecular weight is 296 g/mol. The van der Waals surface area contributed by atoms with Gasteiger partial charge in [-0.15, -0.1) is 0 Å². The van der Waals surface area contributed by atoms with Gasteiger partial charge in [0.25, 0.3) is 0 Å². The number of benzene rings is 1. The van der Waals surface area contributed by atoms with Gasteiger partial charge in [0.15, 0.2) is 11.5 Å². The second kappa shape index (κ2) is 9.64. The van der Waals surface area contributed by atoms with E-state index in [2.05, 4.69) is 6.92 Å². The Hall–Kier alpha value is -1.26. The van der Waals surface area contributed by atoms with E-state index in [9.17, 15) is 10.2 Å². The van der Waals surface area contributed by atoms with E-state index < -0.39 is 12.2 Å². The quantitative estimate of drug-likeness (QED) is 0.697. The van der Waals surface area contributed by atoms with Crippen LogP contribution in [0.4, 0.5) is 0 Å². The van der Waals surface area contributed by atoms with E-state index in [-0.39, 0.29) is 0 Å². The van der Waals surface area contributed by atoms with Gasteiger partial charge in [-0.3, -0.25) is 0 Å². The van der Waals surface area contributed by atoms with Crippen LogP contribution in [0.2, 0.25) is 0 Å². The smallest absolute Gasteiger partial charge is 0.161 e. The molecule has 4 heteroatoms. The molecule has 1 aromatic rings. The maximum Gasteiger partial charge on any atom is 0.161 e. The molecule has 21 heavy (non-hydrogen) atoms. The van der Waals surface area contributed by atoms with Crippen molar-refractivity contribution in [2.45, 2.75) is 58.2 Å². The van der Waals surface area contributed by atoms with Crippen LogP contribution in [0.25, 0.3) is 0 Å². The Bertz CT molecular complexity index is 406. The topological polar surface area (TPSA) is 58.9 Å². The number of methoxy groups -OCH3 is 1. The molecule has 1 rings (SSSR count). The molecule has 2 unspecified atom stereocenters. The summed E-state index contributed by atoms with van der Waals surface area (Å²) in [5, 5.41) is 19.6. The molecule has 0 radical (unpaired) electrons. The lowest BCUT2D eigenvalue weighted by atomic mass is 10.0. The van der Waals surface area contributed by atoms with E-state index in [1.807, 2.05) is 25.1 Å². The highest BCUT2D eigenvalue weighted by Crippen LogP contribution is 2.29. The summed E-state index contributed by atoms with van der Waals surface area (Å²) in [6.07, 6.45) is 2.39. The number of hydrogen-bond donors (Lipinski definition) is 2. The fourth-order valence-corrected chi connectivity index (χ4v) is 2.19. The molecule has 0 amide bonds. The molecule has 0 heterocycles. The van der Waals surface area contributed by atoms with Gasteiger partial charge in [0.2, 0.25) is 0 Å². The molecule has 0 aliphatic rings. The normalized spacial score (nSPS) is 13.8.